The molecule has 0 radical (unpaired) electrons. The summed E-state index contributed by atoms with van der Waals surface area (Å²) in [5.74, 6) is -3.52. The van der Waals surface area contributed by atoms with Crippen LogP contribution in [0, 0.1) is 16.0 Å². The quantitative estimate of drug-likeness (QED) is 0.0270. The highest BCUT2D eigenvalue weighted by Gasteiger charge is 2.61. The monoisotopic (exact) mass is 731 g/mol. The van der Waals surface area contributed by atoms with Crippen molar-refractivity contribution in [1.82, 2.24) is 10.2 Å². The number of hydrogen-bond acceptors (Lipinski definition) is 13. The number of nitrogens with one attached hydrogen (secondary N) is 1. The number of β-lactam (4-membered cyclic amide) rings is 1. The van der Waals surface area contributed by atoms with Crippen LogP contribution in [-0.4, -0.2) is 74.7 Å². The molecule has 5 rings (SSSR count). The summed E-state index contributed by atoms with van der Waals surface area (Å²) in [5, 5.41) is 12.0. The molecule has 1 unspecified atom stereocenters. The average molecular weight is 732 g/mol. The third kappa shape index (κ3) is 8.98. The van der Waals surface area contributed by atoms with Crippen molar-refractivity contribution < 1.29 is 57.4 Å². The van der Waals surface area contributed by atoms with E-state index in [4.69, 9.17) is 23.7 Å². The molecule has 1 saturated heterocycles. The molecule has 2 aliphatic rings. The van der Waals surface area contributed by atoms with E-state index in [1.807, 2.05) is 6.07 Å². The normalized spacial score (nSPS) is 16.7. The molecule has 3 aromatic rings. The van der Waals surface area contributed by atoms with Gasteiger partial charge in [0.1, 0.15) is 37.7 Å². The molecule has 268 valence electrons. The van der Waals surface area contributed by atoms with Gasteiger partial charge in [0.2, 0.25) is 11.7 Å². The van der Waals surface area contributed by atoms with Crippen LogP contribution in [-0.2, 0) is 57.9 Å². The molecule has 18 heteroatoms. The van der Waals surface area contributed by atoms with Crippen LogP contribution in [0.15, 0.2) is 96.4 Å². The molecule has 1 N–H and O–H groups in total. The Labute approximate surface area is 299 Å². The lowest BCUT2D eigenvalue weighted by atomic mass is 9.91. The van der Waals surface area contributed by atoms with Gasteiger partial charge < -0.3 is 34.5 Å². The summed E-state index contributed by atoms with van der Waals surface area (Å²) in [7, 11) is 0. The van der Waals surface area contributed by atoms with Crippen LogP contribution >= 0.6 is 11.8 Å². The zero-order chi connectivity index (χ0) is 37.0. The molecule has 52 heavy (non-hydrogen) atoms. The van der Waals surface area contributed by atoms with Crippen LogP contribution in [0.3, 0.4) is 0 Å². The van der Waals surface area contributed by atoms with E-state index < -0.39 is 52.1 Å². The van der Waals surface area contributed by atoms with Crippen LogP contribution < -0.4 is 5.32 Å². The summed E-state index contributed by atoms with van der Waals surface area (Å²) in [6.45, 7) is -0.901. The van der Waals surface area contributed by atoms with Crippen molar-refractivity contribution in [3.05, 3.63) is 129 Å². The molecule has 0 aliphatic carbocycles. The minimum absolute atomic E-state index is 0.0245. The first kappa shape index (κ1) is 36.8. The zero-order valence-electron chi connectivity index (χ0n) is 27.0. The topological polar surface area (TPSA) is 226 Å². The van der Waals surface area contributed by atoms with Gasteiger partial charge in [-0.1, -0.05) is 60.7 Å². The van der Waals surface area contributed by atoms with Crippen molar-refractivity contribution in [1.29, 1.82) is 0 Å². The summed E-state index contributed by atoms with van der Waals surface area (Å²) in [6, 6.07) is 22.8. The number of carbonyl (C=O) groups excluding carboxylic acids is 5. The van der Waals surface area contributed by atoms with Gasteiger partial charge in [0.25, 0.3) is 5.69 Å². The Morgan fingerprint density at radius 2 is 1.52 bits per heavy atom. The number of nitro groups is 1. The number of benzene rings is 3. The number of nitrogens with zero attached hydrogens (tertiary/aromatic N) is 4. The number of hydrogen-bond donors (Lipinski definition) is 1. The number of ether oxygens (including phenoxy) is 5. The van der Waals surface area contributed by atoms with Gasteiger partial charge in [0, 0.05) is 12.1 Å². The molecule has 0 aromatic heterocycles. The molecule has 0 spiro atoms. The molecular weight excluding hydrogens is 702 g/mol. The molecule has 2 heterocycles. The van der Waals surface area contributed by atoms with Gasteiger partial charge in [-0.15, -0.1) is 0 Å². The molecule has 3 aromatic carbocycles. The van der Waals surface area contributed by atoms with Gasteiger partial charge in [-0.05, 0) is 40.6 Å². The number of esters is 1. The number of thioether (sulfide) groups is 1. The molecule has 17 nitrogen and oxygen atoms in total. The summed E-state index contributed by atoms with van der Waals surface area (Å²) in [5.41, 5.74) is 11.1. The maximum absolute atomic E-state index is 13.6. The van der Waals surface area contributed by atoms with Gasteiger partial charge in [0.05, 0.1) is 11.5 Å². The largest absolute Gasteiger partial charge is 0.509 e. The van der Waals surface area contributed by atoms with Crippen LogP contribution in [0.2, 0.25) is 0 Å². The van der Waals surface area contributed by atoms with E-state index >= 15 is 0 Å². The van der Waals surface area contributed by atoms with E-state index in [9.17, 15) is 39.6 Å². The van der Waals surface area contributed by atoms with Crippen molar-refractivity contribution in [2.45, 2.75) is 31.3 Å². The number of amides is 2. The summed E-state index contributed by atoms with van der Waals surface area (Å²) in [4.78, 5) is 78.4. The lowest BCUT2D eigenvalue weighted by Crippen LogP contribution is -2.66. The third-order valence-electron chi connectivity index (χ3n) is 7.52. The van der Waals surface area contributed by atoms with E-state index in [0.29, 0.717) is 11.1 Å². The number of non-ortho nitro benzene ring substituents is 1. The smallest absolute Gasteiger partial charge is 0.482 e. The lowest BCUT2D eigenvalue weighted by molar-refractivity contribution is -0.384. The molecular formula is C34H29N5O12S. The summed E-state index contributed by atoms with van der Waals surface area (Å²) < 4.78 is 26.6. The van der Waals surface area contributed by atoms with E-state index in [0.717, 1.165) is 22.2 Å². The second kappa shape index (κ2) is 17.4. The first-order chi connectivity index (χ1) is 25.2. The Morgan fingerprint density at radius 1 is 0.923 bits per heavy atom. The maximum atomic E-state index is 13.6. The first-order valence-corrected chi connectivity index (χ1v) is 16.3. The minimum Gasteiger partial charge on any atom is -0.482 e. The Morgan fingerprint density at radius 3 is 2.12 bits per heavy atom. The Kier molecular flexibility index (Phi) is 12.3. The molecule has 1 fully saturated rings. The summed E-state index contributed by atoms with van der Waals surface area (Å²) >= 11 is 0.748. The molecule has 0 saturated carbocycles. The highest BCUT2D eigenvalue weighted by atomic mass is 32.2. The number of nitro benzene ring substituents is 1. The number of rotatable bonds is 15. The van der Waals surface area contributed by atoms with Crippen LogP contribution in [0.25, 0.3) is 5.53 Å². The second-order valence-corrected chi connectivity index (χ2v) is 12.0. The van der Waals surface area contributed by atoms with Crippen molar-refractivity contribution in [3.63, 3.8) is 0 Å². The number of carbonyl (C=O) groups is 5. The lowest BCUT2D eigenvalue weighted by Gasteiger charge is -2.48. The number of aldehydes is 1. The van der Waals surface area contributed by atoms with Crippen LogP contribution in [0.5, 0.6) is 0 Å². The molecule has 0 bridgehead atoms. The van der Waals surface area contributed by atoms with Gasteiger partial charge in [-0.2, -0.15) is 4.79 Å². The van der Waals surface area contributed by atoms with Crippen molar-refractivity contribution in [2.75, 3.05) is 13.2 Å². The zero-order valence-corrected chi connectivity index (χ0v) is 27.8. The van der Waals surface area contributed by atoms with Crippen molar-refractivity contribution in [3.8, 4) is 0 Å². The minimum atomic E-state index is -1.68. The first-order valence-electron chi connectivity index (χ1n) is 15.5. The maximum Gasteiger partial charge on any atom is 0.509 e. The van der Waals surface area contributed by atoms with E-state index in [1.54, 1.807) is 54.6 Å². The van der Waals surface area contributed by atoms with E-state index in [2.05, 4.69) is 10.1 Å². The van der Waals surface area contributed by atoms with Gasteiger partial charge in [-0.25, -0.2) is 14.4 Å². The predicted molar refractivity (Wildman–Crippen MR) is 178 cm³/mol. The second-order valence-electron chi connectivity index (χ2n) is 10.9. The average Bonchev–Trinajstić information content (AvgIpc) is 3.17. The molecule has 3 atom stereocenters. The third-order valence-corrected chi connectivity index (χ3v) is 8.75. The fraction of sp³-hybridized carbons (Fsp3) is 0.235. The van der Waals surface area contributed by atoms with Gasteiger partial charge >= 0.3 is 23.3 Å². The Balaban J connectivity index is 1.27. The summed E-state index contributed by atoms with van der Waals surface area (Å²) in [6.07, 6.45) is -3.52. The highest BCUT2D eigenvalue weighted by Crippen LogP contribution is 2.46. The Hall–Kier alpha value is -6.52. The molecule has 2 amide bonds. The highest BCUT2D eigenvalue weighted by molar-refractivity contribution is 8.14. The SMILES string of the molecule is [N-]=[N+]=C1S[C@H]2[C@@H](C(C=O)OC(=O)OCc3ccc([N+](=O)[O-])cc3)C(=O)N2C(C(=O)OCc2ccccc2)=C1OCCNC(=O)OCc1ccccc1. The fourth-order valence-corrected chi connectivity index (χ4v) is 6.25. The fourth-order valence-electron chi connectivity index (χ4n) is 4.98. The van der Waals surface area contributed by atoms with Crippen molar-refractivity contribution in [2.24, 2.45) is 5.92 Å². The van der Waals surface area contributed by atoms with Crippen LogP contribution in [0.4, 0.5) is 15.3 Å². The predicted octanol–water partition coefficient (Wildman–Crippen LogP) is 3.87. The van der Waals surface area contributed by atoms with Crippen LogP contribution in [0.1, 0.15) is 16.7 Å². The van der Waals surface area contributed by atoms with E-state index in [1.165, 1.54) is 24.3 Å². The number of alkyl carbamates (subject to hydrolysis) is 1. The van der Waals surface area contributed by atoms with Gasteiger partial charge in [0.15, 0.2) is 18.1 Å². The van der Waals surface area contributed by atoms with E-state index in [-0.39, 0.29) is 55.7 Å². The molecule has 2 aliphatic heterocycles. The van der Waals surface area contributed by atoms with Crippen molar-refractivity contribution >= 4 is 52.9 Å². The Bertz CT molecular complexity index is 1900. The standard InChI is InChI=1S/C34H29N5O12S/c35-37-29-28(47-16-15-36-33(43)49-19-22-9-5-2-6-10-22)27(32(42)48-18-21-7-3-1-4-8-21)38-30(41)26(31(38)52-29)25(17-40)51-34(44)50-20-23-11-13-24(14-12-23)39(45)46/h1-14,17,25-26,31H,15-16,18-20H2,(H,36,43)/t25?,26-,31-/m0/s1. The number of fused-ring (bicyclic) bond motifs is 1. The van der Waals surface area contributed by atoms with Gasteiger partial charge in [-0.3, -0.25) is 24.6 Å².